The number of carbonyl (C=O) groups excluding carboxylic acids is 1. The van der Waals surface area contributed by atoms with Gasteiger partial charge >= 0.3 is 0 Å². The predicted molar refractivity (Wildman–Crippen MR) is 115 cm³/mol. The lowest BCUT2D eigenvalue weighted by molar-refractivity contribution is 0.102. The van der Waals surface area contributed by atoms with Crippen LogP contribution in [0.3, 0.4) is 0 Å². The van der Waals surface area contributed by atoms with Crippen LogP contribution in [0.4, 0.5) is 9.52 Å². The maximum Gasteiger partial charge on any atom is 0.260 e. The van der Waals surface area contributed by atoms with Gasteiger partial charge in [0.25, 0.3) is 5.91 Å². The molecule has 0 bridgehead atoms. The van der Waals surface area contributed by atoms with Crippen molar-refractivity contribution in [1.82, 2.24) is 19.7 Å². The summed E-state index contributed by atoms with van der Waals surface area (Å²) in [5, 5.41) is 7.68. The standard InChI is InChI=1S/C22H20FN5OS/c1-3-19-17(13-26-28(19)20-6-4-5-9-24-20)21(29)27-22-25-12-16(30-22)10-15-8-7-14(2)18(23)11-15/h4-9,11-13H,3,10H2,1-2H3,(H,25,27,29). The number of aryl methyl sites for hydroxylation is 1. The van der Waals surface area contributed by atoms with Gasteiger partial charge in [-0.25, -0.2) is 19.0 Å². The molecular weight excluding hydrogens is 401 g/mol. The highest BCUT2D eigenvalue weighted by molar-refractivity contribution is 7.15. The van der Waals surface area contributed by atoms with Gasteiger partial charge in [-0.3, -0.25) is 10.1 Å². The van der Waals surface area contributed by atoms with E-state index in [1.54, 1.807) is 36.3 Å². The number of carbonyl (C=O) groups is 1. The molecule has 0 saturated heterocycles. The van der Waals surface area contributed by atoms with Gasteiger partial charge in [-0.2, -0.15) is 5.10 Å². The molecule has 0 fully saturated rings. The molecule has 3 heterocycles. The Kier molecular flexibility index (Phi) is 5.67. The zero-order valence-electron chi connectivity index (χ0n) is 16.6. The first-order valence-corrected chi connectivity index (χ1v) is 10.4. The maximum atomic E-state index is 13.8. The van der Waals surface area contributed by atoms with Crippen molar-refractivity contribution < 1.29 is 9.18 Å². The summed E-state index contributed by atoms with van der Waals surface area (Å²) in [6.07, 6.45) is 6.12. The number of nitrogens with one attached hydrogen (secondary N) is 1. The molecule has 0 radical (unpaired) electrons. The normalized spacial score (nSPS) is 10.9. The van der Waals surface area contributed by atoms with Crippen molar-refractivity contribution in [3.8, 4) is 5.82 Å². The van der Waals surface area contributed by atoms with Gasteiger partial charge in [0.15, 0.2) is 10.9 Å². The number of amides is 1. The number of aromatic nitrogens is 4. The molecule has 6 nitrogen and oxygen atoms in total. The molecule has 0 aliphatic heterocycles. The molecule has 152 valence electrons. The van der Waals surface area contributed by atoms with Crippen LogP contribution in [0.1, 0.15) is 39.0 Å². The van der Waals surface area contributed by atoms with Crippen LogP contribution < -0.4 is 5.32 Å². The van der Waals surface area contributed by atoms with Crippen LogP contribution in [0.2, 0.25) is 0 Å². The Morgan fingerprint density at radius 2 is 2.07 bits per heavy atom. The van der Waals surface area contributed by atoms with Gasteiger partial charge in [0.1, 0.15) is 5.82 Å². The molecule has 0 spiro atoms. The lowest BCUT2D eigenvalue weighted by Crippen LogP contribution is -2.14. The van der Waals surface area contributed by atoms with Crippen LogP contribution in [0.5, 0.6) is 0 Å². The molecule has 0 unspecified atom stereocenters. The quantitative estimate of drug-likeness (QED) is 0.495. The number of rotatable bonds is 6. The summed E-state index contributed by atoms with van der Waals surface area (Å²) < 4.78 is 15.4. The van der Waals surface area contributed by atoms with Crippen LogP contribution in [0, 0.1) is 12.7 Å². The number of hydrogen-bond donors (Lipinski definition) is 1. The fraction of sp³-hybridized carbons (Fsp3) is 0.182. The van der Waals surface area contributed by atoms with Crippen molar-refractivity contribution in [3.05, 3.63) is 88.1 Å². The number of thiazole rings is 1. The highest BCUT2D eigenvalue weighted by atomic mass is 32.1. The van der Waals surface area contributed by atoms with Crippen LogP contribution in [-0.2, 0) is 12.8 Å². The lowest BCUT2D eigenvalue weighted by atomic mass is 10.1. The summed E-state index contributed by atoms with van der Waals surface area (Å²) in [4.78, 5) is 22.4. The van der Waals surface area contributed by atoms with Crippen molar-refractivity contribution in [1.29, 1.82) is 0 Å². The van der Waals surface area contributed by atoms with Crippen LogP contribution in [0.15, 0.2) is 55.0 Å². The second kappa shape index (κ2) is 8.54. The molecular formula is C22H20FN5OS. The zero-order chi connectivity index (χ0) is 21.1. The molecule has 0 aliphatic carbocycles. The Morgan fingerprint density at radius 1 is 1.20 bits per heavy atom. The highest BCUT2D eigenvalue weighted by Crippen LogP contribution is 2.23. The van der Waals surface area contributed by atoms with Crippen LogP contribution in [-0.4, -0.2) is 25.7 Å². The van der Waals surface area contributed by atoms with E-state index in [0.717, 1.165) is 16.1 Å². The minimum atomic E-state index is -0.267. The largest absolute Gasteiger partial charge is 0.298 e. The van der Waals surface area contributed by atoms with E-state index in [9.17, 15) is 9.18 Å². The van der Waals surface area contributed by atoms with E-state index < -0.39 is 0 Å². The fourth-order valence-electron chi connectivity index (χ4n) is 3.14. The summed E-state index contributed by atoms with van der Waals surface area (Å²) in [5.74, 6) is 0.175. The van der Waals surface area contributed by atoms with Crippen molar-refractivity contribution >= 4 is 22.4 Å². The third-order valence-electron chi connectivity index (χ3n) is 4.70. The second-order valence-corrected chi connectivity index (χ2v) is 7.92. The molecule has 0 saturated carbocycles. The molecule has 8 heteroatoms. The highest BCUT2D eigenvalue weighted by Gasteiger charge is 2.19. The van der Waals surface area contributed by atoms with E-state index in [4.69, 9.17) is 0 Å². The first-order valence-electron chi connectivity index (χ1n) is 9.54. The van der Waals surface area contributed by atoms with Gasteiger partial charge in [-0.15, -0.1) is 11.3 Å². The Bertz CT molecular complexity index is 1190. The summed E-state index contributed by atoms with van der Waals surface area (Å²) >= 11 is 1.37. The Morgan fingerprint density at radius 3 is 2.80 bits per heavy atom. The predicted octanol–water partition coefficient (Wildman–Crippen LogP) is 4.58. The number of benzene rings is 1. The van der Waals surface area contributed by atoms with E-state index in [-0.39, 0.29) is 11.7 Å². The van der Waals surface area contributed by atoms with Crippen molar-refractivity contribution in [3.63, 3.8) is 0 Å². The Hall–Kier alpha value is -3.39. The van der Waals surface area contributed by atoms with Gasteiger partial charge in [0, 0.05) is 23.7 Å². The van der Waals surface area contributed by atoms with Gasteiger partial charge in [-0.05, 0) is 42.7 Å². The third kappa shape index (κ3) is 4.13. The molecule has 30 heavy (non-hydrogen) atoms. The van der Waals surface area contributed by atoms with Gasteiger partial charge < -0.3 is 0 Å². The molecule has 3 aromatic heterocycles. The molecule has 0 atom stereocenters. The summed E-state index contributed by atoms with van der Waals surface area (Å²) in [7, 11) is 0. The molecule has 1 N–H and O–H groups in total. The van der Waals surface area contributed by atoms with Crippen molar-refractivity contribution in [2.75, 3.05) is 5.32 Å². The average molecular weight is 422 g/mol. The first-order chi connectivity index (χ1) is 14.5. The van der Waals surface area contributed by atoms with Gasteiger partial charge in [0.05, 0.1) is 17.5 Å². The maximum absolute atomic E-state index is 13.8. The average Bonchev–Trinajstić information content (AvgIpc) is 3.38. The van der Waals surface area contributed by atoms with Crippen molar-refractivity contribution in [2.45, 2.75) is 26.7 Å². The van der Waals surface area contributed by atoms with E-state index >= 15 is 0 Å². The van der Waals surface area contributed by atoms with E-state index in [2.05, 4.69) is 20.4 Å². The van der Waals surface area contributed by atoms with E-state index in [1.165, 1.54) is 17.4 Å². The van der Waals surface area contributed by atoms with E-state index in [0.29, 0.717) is 34.9 Å². The van der Waals surface area contributed by atoms with Crippen molar-refractivity contribution in [2.24, 2.45) is 0 Å². The fourth-order valence-corrected chi connectivity index (χ4v) is 3.98. The number of nitrogens with zero attached hydrogens (tertiary/aromatic N) is 4. The second-order valence-electron chi connectivity index (χ2n) is 6.80. The third-order valence-corrected chi connectivity index (χ3v) is 5.62. The smallest absolute Gasteiger partial charge is 0.260 e. The van der Waals surface area contributed by atoms with E-state index in [1.807, 2.05) is 31.2 Å². The molecule has 1 amide bonds. The molecule has 1 aromatic carbocycles. The van der Waals surface area contributed by atoms with Crippen LogP contribution >= 0.6 is 11.3 Å². The summed E-state index contributed by atoms with van der Waals surface area (Å²) in [5.41, 5.74) is 2.75. The van der Waals surface area contributed by atoms with Gasteiger partial charge in [0.2, 0.25) is 0 Å². The Balaban J connectivity index is 1.50. The SMILES string of the molecule is CCc1c(C(=O)Nc2ncc(Cc3ccc(C)c(F)c3)s2)cnn1-c1ccccn1. The molecule has 4 aromatic rings. The van der Waals surface area contributed by atoms with Crippen LogP contribution in [0.25, 0.3) is 5.82 Å². The number of pyridine rings is 1. The lowest BCUT2D eigenvalue weighted by Gasteiger charge is -2.06. The van der Waals surface area contributed by atoms with Gasteiger partial charge in [-0.1, -0.05) is 25.1 Å². The summed E-state index contributed by atoms with van der Waals surface area (Å²) in [6.45, 7) is 3.70. The number of anilines is 1. The minimum Gasteiger partial charge on any atom is -0.298 e. The summed E-state index contributed by atoms with van der Waals surface area (Å²) in [6, 6.07) is 10.7. The Labute approximate surface area is 177 Å². The monoisotopic (exact) mass is 421 g/mol. The molecule has 4 rings (SSSR count). The first kappa shape index (κ1) is 19.9. The minimum absolute atomic E-state index is 0.220. The molecule has 0 aliphatic rings. The topological polar surface area (TPSA) is 72.7 Å². The number of halogens is 1. The number of hydrogen-bond acceptors (Lipinski definition) is 5. The zero-order valence-corrected chi connectivity index (χ0v) is 17.4.